The summed E-state index contributed by atoms with van der Waals surface area (Å²) in [5.41, 5.74) is 3.13. The predicted octanol–water partition coefficient (Wildman–Crippen LogP) is 4.43. The quantitative estimate of drug-likeness (QED) is 0.555. The lowest BCUT2D eigenvalue weighted by atomic mass is 10.2. The van der Waals surface area contributed by atoms with Crippen LogP contribution < -0.4 is 20.7 Å². The van der Waals surface area contributed by atoms with Crippen LogP contribution in [0.15, 0.2) is 66.9 Å². The van der Waals surface area contributed by atoms with E-state index in [1.54, 1.807) is 42.6 Å². The van der Waals surface area contributed by atoms with Crippen LogP contribution in [0.3, 0.4) is 0 Å². The molecule has 148 valence electrons. The molecule has 0 saturated carbocycles. The Morgan fingerprint density at radius 2 is 1.55 bits per heavy atom. The number of hydrogen-bond donors (Lipinski definition) is 3. The Kier molecular flexibility index (Phi) is 6.42. The van der Waals surface area contributed by atoms with E-state index in [1.807, 2.05) is 31.2 Å². The summed E-state index contributed by atoms with van der Waals surface area (Å²) in [4.78, 5) is 27.7. The molecule has 0 aliphatic rings. The van der Waals surface area contributed by atoms with Crippen LogP contribution >= 0.6 is 0 Å². The molecule has 0 saturated heterocycles. The third kappa shape index (κ3) is 5.55. The SMILES string of the molecule is CCOc1ccccc1Nc1ccc(C(=O)Nc2ccc(NC(C)=O)cc2)nc1. The monoisotopic (exact) mass is 390 g/mol. The van der Waals surface area contributed by atoms with Gasteiger partial charge in [-0.05, 0) is 55.5 Å². The lowest BCUT2D eigenvalue weighted by molar-refractivity contribution is -0.114. The number of ether oxygens (including phenoxy) is 1. The van der Waals surface area contributed by atoms with Gasteiger partial charge in [-0.2, -0.15) is 0 Å². The van der Waals surface area contributed by atoms with Gasteiger partial charge in [0.05, 0.1) is 24.2 Å². The van der Waals surface area contributed by atoms with Crippen molar-refractivity contribution in [2.45, 2.75) is 13.8 Å². The van der Waals surface area contributed by atoms with Gasteiger partial charge < -0.3 is 20.7 Å². The second-order valence-corrected chi connectivity index (χ2v) is 6.20. The van der Waals surface area contributed by atoms with Gasteiger partial charge in [-0.1, -0.05) is 12.1 Å². The van der Waals surface area contributed by atoms with Gasteiger partial charge in [0.2, 0.25) is 5.91 Å². The molecule has 2 aromatic carbocycles. The fourth-order valence-corrected chi connectivity index (χ4v) is 2.64. The normalized spacial score (nSPS) is 10.1. The molecule has 0 unspecified atom stereocenters. The number of anilines is 4. The minimum atomic E-state index is -0.321. The van der Waals surface area contributed by atoms with Gasteiger partial charge in [-0.3, -0.25) is 9.59 Å². The number of carbonyl (C=O) groups is 2. The summed E-state index contributed by atoms with van der Waals surface area (Å²) in [7, 11) is 0. The summed E-state index contributed by atoms with van der Waals surface area (Å²) in [5.74, 6) is 0.279. The Bertz CT molecular complexity index is 986. The molecule has 0 fully saturated rings. The highest BCUT2D eigenvalue weighted by molar-refractivity contribution is 6.03. The summed E-state index contributed by atoms with van der Waals surface area (Å²) in [6, 6.07) is 17.9. The van der Waals surface area contributed by atoms with Crippen molar-refractivity contribution >= 4 is 34.6 Å². The predicted molar refractivity (Wildman–Crippen MR) is 114 cm³/mol. The van der Waals surface area contributed by atoms with Crippen LogP contribution in [0.25, 0.3) is 0 Å². The van der Waals surface area contributed by atoms with Gasteiger partial charge in [-0.15, -0.1) is 0 Å². The van der Waals surface area contributed by atoms with E-state index in [1.165, 1.54) is 6.92 Å². The fraction of sp³-hybridized carbons (Fsp3) is 0.136. The number of rotatable bonds is 7. The molecule has 0 aliphatic heterocycles. The maximum absolute atomic E-state index is 12.4. The van der Waals surface area contributed by atoms with Crippen molar-refractivity contribution in [2.75, 3.05) is 22.6 Å². The van der Waals surface area contributed by atoms with Crippen molar-refractivity contribution in [3.8, 4) is 5.75 Å². The minimum Gasteiger partial charge on any atom is -0.492 e. The molecule has 29 heavy (non-hydrogen) atoms. The Balaban J connectivity index is 1.64. The maximum atomic E-state index is 12.4. The minimum absolute atomic E-state index is 0.149. The van der Waals surface area contributed by atoms with Crippen molar-refractivity contribution in [3.63, 3.8) is 0 Å². The van der Waals surface area contributed by atoms with E-state index in [0.29, 0.717) is 23.7 Å². The van der Waals surface area contributed by atoms with E-state index in [-0.39, 0.29) is 11.8 Å². The van der Waals surface area contributed by atoms with Gasteiger partial charge in [-0.25, -0.2) is 4.98 Å². The molecule has 3 aromatic rings. The number of hydrogen-bond acceptors (Lipinski definition) is 5. The summed E-state index contributed by atoms with van der Waals surface area (Å²) in [6.07, 6.45) is 1.59. The number of nitrogens with one attached hydrogen (secondary N) is 3. The zero-order valence-corrected chi connectivity index (χ0v) is 16.2. The van der Waals surface area contributed by atoms with Crippen molar-refractivity contribution < 1.29 is 14.3 Å². The molecule has 3 rings (SSSR count). The smallest absolute Gasteiger partial charge is 0.274 e. The Hall–Kier alpha value is -3.87. The molecule has 0 radical (unpaired) electrons. The number of nitrogens with zero attached hydrogens (tertiary/aromatic N) is 1. The lowest BCUT2D eigenvalue weighted by Crippen LogP contribution is -2.13. The zero-order valence-electron chi connectivity index (χ0n) is 16.2. The van der Waals surface area contributed by atoms with Crippen molar-refractivity contribution in [1.29, 1.82) is 0 Å². The maximum Gasteiger partial charge on any atom is 0.274 e. The Labute approximate surface area is 169 Å². The summed E-state index contributed by atoms with van der Waals surface area (Å²) in [6.45, 7) is 3.94. The highest BCUT2D eigenvalue weighted by Crippen LogP contribution is 2.27. The fourth-order valence-electron chi connectivity index (χ4n) is 2.64. The van der Waals surface area contributed by atoms with Crippen molar-refractivity contribution in [2.24, 2.45) is 0 Å². The average Bonchev–Trinajstić information content (AvgIpc) is 2.71. The van der Waals surface area contributed by atoms with Crippen LogP contribution in [0.2, 0.25) is 0 Å². The number of pyridine rings is 1. The molecule has 1 aromatic heterocycles. The van der Waals surface area contributed by atoms with Crippen LogP contribution in [-0.2, 0) is 4.79 Å². The van der Waals surface area contributed by atoms with E-state index in [9.17, 15) is 9.59 Å². The highest BCUT2D eigenvalue weighted by Gasteiger charge is 2.09. The summed E-state index contributed by atoms with van der Waals surface area (Å²) in [5, 5.41) is 8.70. The largest absolute Gasteiger partial charge is 0.492 e. The van der Waals surface area contributed by atoms with Crippen molar-refractivity contribution in [3.05, 3.63) is 72.6 Å². The first-order valence-electron chi connectivity index (χ1n) is 9.19. The van der Waals surface area contributed by atoms with Gasteiger partial charge in [0.1, 0.15) is 11.4 Å². The Morgan fingerprint density at radius 1 is 0.897 bits per heavy atom. The molecule has 0 bridgehead atoms. The number of benzene rings is 2. The molecule has 7 heteroatoms. The number of para-hydroxylation sites is 2. The van der Waals surface area contributed by atoms with E-state index < -0.39 is 0 Å². The molecular weight excluding hydrogens is 368 g/mol. The van der Waals surface area contributed by atoms with Gasteiger partial charge in [0, 0.05) is 18.3 Å². The third-order valence-corrected chi connectivity index (χ3v) is 3.93. The molecular formula is C22H22N4O3. The third-order valence-electron chi connectivity index (χ3n) is 3.93. The second kappa shape index (κ2) is 9.36. The zero-order chi connectivity index (χ0) is 20.6. The van der Waals surface area contributed by atoms with E-state index in [2.05, 4.69) is 20.9 Å². The first-order chi connectivity index (χ1) is 14.0. The van der Waals surface area contributed by atoms with Crippen LogP contribution in [0.1, 0.15) is 24.3 Å². The van der Waals surface area contributed by atoms with Gasteiger partial charge >= 0.3 is 0 Å². The standard InChI is InChI=1S/C22H22N4O3/c1-3-29-21-7-5-4-6-19(21)25-18-12-13-20(23-14-18)22(28)26-17-10-8-16(9-11-17)24-15(2)27/h4-14,25H,3H2,1-2H3,(H,24,27)(H,26,28). The molecule has 3 N–H and O–H groups in total. The molecule has 0 spiro atoms. The van der Waals surface area contributed by atoms with E-state index >= 15 is 0 Å². The second-order valence-electron chi connectivity index (χ2n) is 6.20. The first kappa shape index (κ1) is 19.9. The van der Waals surface area contributed by atoms with E-state index in [0.717, 1.165) is 17.1 Å². The molecule has 1 heterocycles. The molecule has 7 nitrogen and oxygen atoms in total. The van der Waals surface area contributed by atoms with Crippen LogP contribution in [0, 0.1) is 0 Å². The summed E-state index contributed by atoms with van der Waals surface area (Å²) >= 11 is 0. The van der Waals surface area contributed by atoms with Crippen LogP contribution in [0.5, 0.6) is 5.75 Å². The van der Waals surface area contributed by atoms with Gasteiger partial charge in [0.25, 0.3) is 5.91 Å². The van der Waals surface area contributed by atoms with Crippen LogP contribution in [-0.4, -0.2) is 23.4 Å². The van der Waals surface area contributed by atoms with Crippen molar-refractivity contribution in [1.82, 2.24) is 4.98 Å². The highest BCUT2D eigenvalue weighted by atomic mass is 16.5. The van der Waals surface area contributed by atoms with Gasteiger partial charge in [0.15, 0.2) is 0 Å². The Morgan fingerprint density at radius 3 is 2.17 bits per heavy atom. The lowest BCUT2D eigenvalue weighted by Gasteiger charge is -2.12. The molecule has 0 aliphatic carbocycles. The number of amides is 2. The number of aromatic nitrogens is 1. The van der Waals surface area contributed by atoms with Crippen LogP contribution in [0.4, 0.5) is 22.7 Å². The number of carbonyl (C=O) groups excluding carboxylic acids is 2. The summed E-state index contributed by atoms with van der Waals surface area (Å²) < 4.78 is 5.60. The molecule has 0 atom stereocenters. The van der Waals surface area contributed by atoms with E-state index in [4.69, 9.17) is 4.74 Å². The average molecular weight is 390 g/mol. The first-order valence-corrected chi connectivity index (χ1v) is 9.19. The topological polar surface area (TPSA) is 92.4 Å². The molecule has 2 amide bonds.